The number of nitrogens with one attached hydrogen (secondary N) is 1. The Kier molecular flexibility index (Phi) is 4.85. The monoisotopic (exact) mass is 256 g/mol. The highest BCUT2D eigenvalue weighted by Crippen LogP contribution is 2.22. The number of carbonyl (C=O) groups is 3. The number of hydrogen-bond donors (Lipinski definition) is 2. The third-order valence-electron chi connectivity index (χ3n) is 2.65. The molecule has 0 aromatic rings. The molecule has 1 aliphatic heterocycles. The van der Waals surface area contributed by atoms with Crippen LogP contribution in [0, 0.1) is 0 Å². The quantitative estimate of drug-likeness (QED) is 0.519. The molecule has 2 amide bonds. The Bertz CT molecular complexity index is 380. The molecule has 0 spiro atoms. The van der Waals surface area contributed by atoms with Gasteiger partial charge >= 0.3 is 5.97 Å². The SMILES string of the molecule is CNC(=O)/C(C)=C\N(C=O)C1CCC(C(=O)O)O1. The zero-order valence-electron chi connectivity index (χ0n) is 10.3. The van der Waals surface area contributed by atoms with Crippen molar-refractivity contribution in [1.82, 2.24) is 10.2 Å². The smallest absolute Gasteiger partial charge is 0.332 e. The van der Waals surface area contributed by atoms with Crippen LogP contribution in [0.25, 0.3) is 0 Å². The van der Waals surface area contributed by atoms with Crippen molar-refractivity contribution in [2.45, 2.75) is 32.1 Å². The summed E-state index contributed by atoms with van der Waals surface area (Å²) in [5.74, 6) is -1.36. The van der Waals surface area contributed by atoms with Crippen LogP contribution >= 0.6 is 0 Å². The number of likely N-dealkylation sites (N-methyl/N-ethyl adjacent to an activating group) is 1. The summed E-state index contributed by atoms with van der Waals surface area (Å²) in [6.07, 6.45) is 1.10. The molecule has 7 nitrogen and oxygen atoms in total. The van der Waals surface area contributed by atoms with E-state index in [1.54, 1.807) is 6.92 Å². The van der Waals surface area contributed by atoms with Gasteiger partial charge in [0.25, 0.3) is 0 Å². The van der Waals surface area contributed by atoms with Crippen LogP contribution in [-0.4, -0.2) is 47.7 Å². The molecule has 1 rings (SSSR count). The number of carboxylic acids is 1. The van der Waals surface area contributed by atoms with Crippen molar-refractivity contribution >= 4 is 18.3 Å². The number of rotatable bonds is 5. The first-order valence-electron chi connectivity index (χ1n) is 5.51. The number of carbonyl (C=O) groups excluding carboxylic acids is 2. The van der Waals surface area contributed by atoms with Gasteiger partial charge in [-0.15, -0.1) is 0 Å². The summed E-state index contributed by atoms with van der Waals surface area (Å²) < 4.78 is 5.21. The van der Waals surface area contributed by atoms with Gasteiger partial charge in [-0.25, -0.2) is 4.79 Å². The topological polar surface area (TPSA) is 95.9 Å². The largest absolute Gasteiger partial charge is 0.479 e. The van der Waals surface area contributed by atoms with Gasteiger partial charge in [0, 0.05) is 18.8 Å². The molecule has 1 heterocycles. The Morgan fingerprint density at radius 2 is 2.11 bits per heavy atom. The molecule has 1 aliphatic rings. The maximum absolute atomic E-state index is 11.3. The van der Waals surface area contributed by atoms with Crippen LogP contribution in [0.1, 0.15) is 19.8 Å². The van der Waals surface area contributed by atoms with Crippen LogP contribution in [0.5, 0.6) is 0 Å². The summed E-state index contributed by atoms with van der Waals surface area (Å²) in [6.45, 7) is 1.55. The number of ether oxygens (including phenoxy) is 1. The van der Waals surface area contributed by atoms with Crippen LogP contribution in [0.15, 0.2) is 11.8 Å². The summed E-state index contributed by atoms with van der Waals surface area (Å²) in [5.41, 5.74) is 0.340. The summed E-state index contributed by atoms with van der Waals surface area (Å²) in [5, 5.41) is 11.2. The first-order valence-corrected chi connectivity index (χ1v) is 5.51. The zero-order chi connectivity index (χ0) is 13.7. The molecule has 0 aliphatic carbocycles. The minimum Gasteiger partial charge on any atom is -0.479 e. The summed E-state index contributed by atoms with van der Waals surface area (Å²) in [7, 11) is 1.48. The van der Waals surface area contributed by atoms with Crippen molar-refractivity contribution in [3.8, 4) is 0 Å². The highest BCUT2D eigenvalue weighted by atomic mass is 16.5. The van der Waals surface area contributed by atoms with Crippen LogP contribution in [-0.2, 0) is 19.1 Å². The van der Waals surface area contributed by atoms with Gasteiger partial charge in [-0.3, -0.25) is 14.5 Å². The van der Waals surface area contributed by atoms with Crippen LogP contribution < -0.4 is 5.32 Å². The maximum Gasteiger partial charge on any atom is 0.332 e. The standard InChI is InChI=1S/C11H16N2O5/c1-7(10(15)12-2)5-13(6-14)9-4-3-8(18-9)11(16)17/h5-6,8-9H,3-4H2,1-2H3,(H,12,15)(H,16,17)/b7-5-. The molecule has 18 heavy (non-hydrogen) atoms. The first-order chi connectivity index (χ1) is 8.49. The molecule has 0 bridgehead atoms. The van der Waals surface area contributed by atoms with E-state index in [4.69, 9.17) is 9.84 Å². The van der Waals surface area contributed by atoms with Crippen LogP contribution in [0.3, 0.4) is 0 Å². The maximum atomic E-state index is 11.3. The second-order valence-electron chi connectivity index (χ2n) is 3.94. The van der Waals surface area contributed by atoms with Gasteiger partial charge in [0.15, 0.2) is 6.10 Å². The molecule has 2 unspecified atom stereocenters. The Labute approximate surface area is 104 Å². The first kappa shape index (κ1) is 14.2. The Hall–Kier alpha value is -1.89. The fourth-order valence-electron chi connectivity index (χ4n) is 1.68. The molecule has 0 radical (unpaired) electrons. The van der Waals surface area contributed by atoms with Gasteiger partial charge in [-0.1, -0.05) is 0 Å². The molecule has 1 fully saturated rings. The van der Waals surface area contributed by atoms with E-state index in [9.17, 15) is 14.4 Å². The Balaban J connectivity index is 2.71. The van der Waals surface area contributed by atoms with Crippen molar-refractivity contribution in [1.29, 1.82) is 0 Å². The number of nitrogens with zero attached hydrogens (tertiary/aromatic N) is 1. The fourth-order valence-corrected chi connectivity index (χ4v) is 1.68. The second kappa shape index (κ2) is 6.15. The average Bonchev–Trinajstić information content (AvgIpc) is 2.84. The van der Waals surface area contributed by atoms with Crippen LogP contribution in [0.4, 0.5) is 0 Å². The molecule has 2 atom stereocenters. The van der Waals surface area contributed by atoms with E-state index in [-0.39, 0.29) is 5.91 Å². The number of hydrogen-bond acceptors (Lipinski definition) is 4. The normalized spacial score (nSPS) is 23.6. The van der Waals surface area contributed by atoms with Crippen molar-refractivity contribution in [2.75, 3.05) is 7.05 Å². The Morgan fingerprint density at radius 3 is 2.56 bits per heavy atom. The molecule has 7 heteroatoms. The molecule has 1 saturated heterocycles. The number of amides is 2. The third kappa shape index (κ3) is 3.30. The third-order valence-corrected chi connectivity index (χ3v) is 2.65. The van der Waals surface area contributed by atoms with E-state index in [1.807, 2.05) is 0 Å². The van der Waals surface area contributed by atoms with Crippen molar-refractivity contribution in [2.24, 2.45) is 0 Å². The van der Waals surface area contributed by atoms with E-state index < -0.39 is 18.3 Å². The molecular weight excluding hydrogens is 240 g/mol. The van der Waals surface area contributed by atoms with Crippen molar-refractivity contribution in [3.63, 3.8) is 0 Å². The van der Waals surface area contributed by atoms with Gasteiger partial charge in [0.2, 0.25) is 12.3 Å². The fraction of sp³-hybridized carbons (Fsp3) is 0.545. The lowest BCUT2D eigenvalue weighted by molar-refractivity contribution is -0.154. The highest BCUT2D eigenvalue weighted by Gasteiger charge is 2.33. The molecular formula is C11H16N2O5. The summed E-state index contributed by atoms with van der Waals surface area (Å²) in [4.78, 5) is 34.1. The van der Waals surface area contributed by atoms with Crippen molar-refractivity contribution < 1.29 is 24.2 Å². The molecule has 2 N–H and O–H groups in total. The van der Waals surface area contributed by atoms with E-state index >= 15 is 0 Å². The van der Waals surface area contributed by atoms with E-state index in [1.165, 1.54) is 18.1 Å². The predicted molar refractivity (Wildman–Crippen MR) is 61.3 cm³/mol. The zero-order valence-corrected chi connectivity index (χ0v) is 10.3. The average molecular weight is 256 g/mol. The minimum absolute atomic E-state index is 0.311. The van der Waals surface area contributed by atoms with Crippen LogP contribution in [0.2, 0.25) is 0 Å². The lowest BCUT2D eigenvalue weighted by Crippen LogP contribution is -2.32. The lowest BCUT2D eigenvalue weighted by atomic mass is 10.2. The predicted octanol–water partition coefficient (Wildman–Crippen LogP) is -0.316. The lowest BCUT2D eigenvalue weighted by Gasteiger charge is -2.21. The molecule has 0 aromatic heterocycles. The van der Waals surface area contributed by atoms with Gasteiger partial charge in [0.1, 0.15) is 6.23 Å². The highest BCUT2D eigenvalue weighted by molar-refractivity contribution is 5.92. The van der Waals surface area contributed by atoms with Gasteiger partial charge in [-0.05, 0) is 19.8 Å². The second-order valence-corrected chi connectivity index (χ2v) is 3.94. The number of aliphatic carboxylic acids is 1. The van der Waals surface area contributed by atoms with E-state index in [2.05, 4.69) is 5.32 Å². The molecule has 0 aromatic carbocycles. The van der Waals surface area contributed by atoms with E-state index in [0.717, 1.165) is 0 Å². The number of carboxylic acid groups (broad SMARTS) is 1. The van der Waals surface area contributed by atoms with Crippen molar-refractivity contribution in [3.05, 3.63) is 11.8 Å². The molecule has 0 saturated carbocycles. The van der Waals surface area contributed by atoms with Gasteiger partial charge in [-0.2, -0.15) is 0 Å². The molecule has 100 valence electrons. The van der Waals surface area contributed by atoms with Gasteiger partial charge < -0.3 is 15.2 Å². The van der Waals surface area contributed by atoms with E-state index in [0.29, 0.717) is 24.8 Å². The summed E-state index contributed by atoms with van der Waals surface area (Å²) >= 11 is 0. The Morgan fingerprint density at radius 1 is 1.44 bits per heavy atom. The summed E-state index contributed by atoms with van der Waals surface area (Å²) in [6, 6.07) is 0. The van der Waals surface area contributed by atoms with Gasteiger partial charge in [0.05, 0.1) is 0 Å². The minimum atomic E-state index is -1.05.